The monoisotopic (exact) mass is 378 g/mol. The molecule has 0 fully saturated rings. The Morgan fingerprint density at radius 2 is 2.14 bits per heavy atom. The molecule has 6 heteroatoms. The number of carboxylic acids is 1. The maximum atomic E-state index is 11.4. The maximum Gasteiger partial charge on any atom is 0.337 e. The van der Waals surface area contributed by atoms with E-state index in [4.69, 9.17) is 9.15 Å². The number of fused-ring (bicyclic) bond motifs is 1. The van der Waals surface area contributed by atoms with Crippen molar-refractivity contribution in [2.45, 2.75) is 26.2 Å². The van der Waals surface area contributed by atoms with Crippen molar-refractivity contribution in [1.29, 1.82) is 0 Å². The molecule has 2 N–H and O–H groups in total. The number of pyridine rings is 1. The van der Waals surface area contributed by atoms with Crippen molar-refractivity contribution in [3.05, 3.63) is 65.4 Å². The van der Waals surface area contributed by atoms with E-state index in [0.29, 0.717) is 18.8 Å². The smallest absolute Gasteiger partial charge is 0.337 e. The van der Waals surface area contributed by atoms with Gasteiger partial charge in [0, 0.05) is 24.2 Å². The number of nitrogens with zero attached hydrogens (tertiary/aromatic N) is 1. The van der Waals surface area contributed by atoms with E-state index in [1.54, 1.807) is 6.20 Å². The van der Waals surface area contributed by atoms with Crippen molar-refractivity contribution >= 4 is 11.7 Å². The van der Waals surface area contributed by atoms with Gasteiger partial charge in [0.1, 0.15) is 17.3 Å². The first-order valence-corrected chi connectivity index (χ1v) is 9.28. The number of carbonyl (C=O) groups is 1. The summed E-state index contributed by atoms with van der Waals surface area (Å²) >= 11 is 0. The molecule has 0 bridgehead atoms. The highest BCUT2D eigenvalue weighted by Crippen LogP contribution is 2.38. The van der Waals surface area contributed by atoms with Gasteiger partial charge in [-0.25, -0.2) is 4.79 Å². The number of nitrogens with one attached hydrogen (secondary N) is 1. The first-order valence-electron chi connectivity index (χ1n) is 9.28. The van der Waals surface area contributed by atoms with Gasteiger partial charge in [0.05, 0.1) is 24.1 Å². The number of ether oxygens (including phenoxy) is 1. The van der Waals surface area contributed by atoms with E-state index >= 15 is 0 Å². The van der Waals surface area contributed by atoms with E-state index in [9.17, 15) is 9.90 Å². The number of benzene rings is 1. The van der Waals surface area contributed by atoms with Crippen LogP contribution in [0.15, 0.2) is 47.1 Å². The predicted molar refractivity (Wildman–Crippen MR) is 106 cm³/mol. The number of rotatable bonds is 5. The van der Waals surface area contributed by atoms with Crippen LogP contribution in [0.25, 0.3) is 11.1 Å². The molecule has 1 aromatic carbocycles. The van der Waals surface area contributed by atoms with Crippen LogP contribution in [0, 0.1) is 13.8 Å². The van der Waals surface area contributed by atoms with E-state index in [-0.39, 0.29) is 11.5 Å². The summed E-state index contributed by atoms with van der Waals surface area (Å²) in [7, 11) is 0. The summed E-state index contributed by atoms with van der Waals surface area (Å²) in [5, 5.41) is 12.6. The van der Waals surface area contributed by atoms with Crippen molar-refractivity contribution < 1.29 is 19.1 Å². The normalized spacial score (nSPS) is 15.6. The maximum absolute atomic E-state index is 11.4. The molecule has 2 aromatic heterocycles. The molecule has 1 unspecified atom stereocenters. The first-order chi connectivity index (χ1) is 13.5. The van der Waals surface area contributed by atoms with E-state index in [1.807, 2.05) is 19.9 Å². The number of hydrogen-bond acceptors (Lipinski definition) is 5. The van der Waals surface area contributed by atoms with Gasteiger partial charge in [-0.05, 0) is 49.6 Å². The zero-order chi connectivity index (χ0) is 19.7. The van der Waals surface area contributed by atoms with Crippen LogP contribution in [0.4, 0.5) is 5.69 Å². The Kier molecular flexibility index (Phi) is 4.77. The number of aryl methyl sites for hydroxylation is 2. The topological polar surface area (TPSA) is 84.6 Å². The number of hydrogen-bond donors (Lipinski definition) is 2. The average Bonchev–Trinajstić information content (AvgIpc) is 3.04. The Morgan fingerprint density at radius 1 is 1.29 bits per heavy atom. The van der Waals surface area contributed by atoms with Gasteiger partial charge in [0.25, 0.3) is 0 Å². The second-order valence-corrected chi connectivity index (χ2v) is 7.02. The van der Waals surface area contributed by atoms with Crippen LogP contribution in [0.3, 0.4) is 0 Å². The molecule has 144 valence electrons. The van der Waals surface area contributed by atoms with Crippen LogP contribution in [0.2, 0.25) is 0 Å². The van der Waals surface area contributed by atoms with Gasteiger partial charge in [0.2, 0.25) is 0 Å². The summed E-state index contributed by atoms with van der Waals surface area (Å²) in [5.41, 5.74) is 4.03. The third-order valence-corrected chi connectivity index (χ3v) is 5.12. The molecule has 0 radical (unpaired) electrons. The molecule has 0 amide bonds. The van der Waals surface area contributed by atoms with Gasteiger partial charge < -0.3 is 19.6 Å². The number of carboxylic acid groups (broad SMARTS) is 1. The Morgan fingerprint density at radius 3 is 2.89 bits per heavy atom. The van der Waals surface area contributed by atoms with Crippen LogP contribution in [0.5, 0.6) is 5.75 Å². The van der Waals surface area contributed by atoms with Crippen LogP contribution in [-0.2, 0) is 0 Å². The Labute approximate surface area is 163 Å². The highest BCUT2D eigenvalue weighted by molar-refractivity contribution is 5.93. The summed E-state index contributed by atoms with van der Waals surface area (Å²) in [4.78, 5) is 15.4. The standard InChI is InChI=1S/C22H22N2O4/c1-13-9-19(14(2)28-13)15-3-4-17-16(6-8-27-21(17)10-15)11-24-20-12-23-7-5-18(20)22(25)26/h3-5,7,9-10,12,16,24H,6,8,11H2,1-2H3,(H,25,26). The summed E-state index contributed by atoms with van der Waals surface area (Å²) < 4.78 is 11.6. The lowest BCUT2D eigenvalue weighted by Crippen LogP contribution is -2.21. The SMILES string of the molecule is Cc1cc(-c2ccc3c(c2)OCCC3CNc2cnccc2C(=O)O)c(C)o1. The Bertz CT molecular complexity index is 1030. The van der Waals surface area contributed by atoms with Gasteiger partial charge in [-0.15, -0.1) is 0 Å². The molecule has 1 atom stereocenters. The molecule has 1 aliphatic heterocycles. The van der Waals surface area contributed by atoms with E-state index in [1.165, 1.54) is 12.3 Å². The highest BCUT2D eigenvalue weighted by atomic mass is 16.5. The molecule has 3 aromatic rings. The molecule has 0 saturated heterocycles. The highest BCUT2D eigenvalue weighted by Gasteiger charge is 2.23. The number of furan rings is 1. The van der Waals surface area contributed by atoms with Gasteiger partial charge in [-0.1, -0.05) is 12.1 Å². The van der Waals surface area contributed by atoms with Crippen LogP contribution < -0.4 is 10.1 Å². The third-order valence-electron chi connectivity index (χ3n) is 5.12. The minimum atomic E-state index is -0.965. The second-order valence-electron chi connectivity index (χ2n) is 7.02. The summed E-state index contributed by atoms with van der Waals surface area (Å²) in [6.07, 6.45) is 3.90. The van der Waals surface area contributed by atoms with Gasteiger partial charge in [-0.3, -0.25) is 4.98 Å². The lowest BCUT2D eigenvalue weighted by Gasteiger charge is -2.27. The fourth-order valence-corrected chi connectivity index (χ4v) is 3.72. The fraction of sp³-hybridized carbons (Fsp3) is 0.273. The lowest BCUT2D eigenvalue weighted by atomic mass is 9.91. The molecular formula is C22H22N2O4. The van der Waals surface area contributed by atoms with Crippen molar-refractivity contribution in [3.8, 4) is 16.9 Å². The quantitative estimate of drug-likeness (QED) is 0.673. The zero-order valence-corrected chi connectivity index (χ0v) is 15.9. The average molecular weight is 378 g/mol. The Balaban J connectivity index is 1.56. The van der Waals surface area contributed by atoms with Crippen LogP contribution >= 0.6 is 0 Å². The van der Waals surface area contributed by atoms with Crippen molar-refractivity contribution in [1.82, 2.24) is 4.98 Å². The summed E-state index contributed by atoms with van der Waals surface area (Å²) in [5.74, 6) is 1.92. The molecule has 1 aliphatic rings. The second kappa shape index (κ2) is 7.38. The summed E-state index contributed by atoms with van der Waals surface area (Å²) in [6, 6.07) is 9.79. The molecule has 0 spiro atoms. The number of aromatic carboxylic acids is 1. The molecule has 0 saturated carbocycles. The minimum Gasteiger partial charge on any atom is -0.493 e. The minimum absolute atomic E-state index is 0.225. The zero-order valence-electron chi connectivity index (χ0n) is 15.9. The molecule has 28 heavy (non-hydrogen) atoms. The largest absolute Gasteiger partial charge is 0.493 e. The van der Waals surface area contributed by atoms with E-state index in [2.05, 4.69) is 28.5 Å². The number of anilines is 1. The predicted octanol–water partition coefficient (Wildman–Crippen LogP) is 4.63. The summed E-state index contributed by atoms with van der Waals surface area (Å²) in [6.45, 7) is 5.15. The molecule has 4 rings (SSSR count). The molecule has 6 nitrogen and oxygen atoms in total. The van der Waals surface area contributed by atoms with Gasteiger partial charge >= 0.3 is 5.97 Å². The van der Waals surface area contributed by atoms with Crippen molar-refractivity contribution in [3.63, 3.8) is 0 Å². The lowest BCUT2D eigenvalue weighted by molar-refractivity contribution is 0.0697. The van der Waals surface area contributed by atoms with Gasteiger partial charge in [-0.2, -0.15) is 0 Å². The van der Waals surface area contributed by atoms with Crippen molar-refractivity contribution in [2.75, 3.05) is 18.5 Å². The van der Waals surface area contributed by atoms with Crippen LogP contribution in [-0.4, -0.2) is 29.2 Å². The van der Waals surface area contributed by atoms with E-state index in [0.717, 1.165) is 40.4 Å². The number of aromatic nitrogens is 1. The molecule has 0 aliphatic carbocycles. The van der Waals surface area contributed by atoms with E-state index < -0.39 is 5.97 Å². The molecule has 3 heterocycles. The van der Waals surface area contributed by atoms with Crippen LogP contribution in [0.1, 0.15) is 39.8 Å². The first kappa shape index (κ1) is 18.1. The molecular weight excluding hydrogens is 356 g/mol. The Hall–Kier alpha value is -3.28. The fourth-order valence-electron chi connectivity index (χ4n) is 3.72. The van der Waals surface area contributed by atoms with Gasteiger partial charge in [0.15, 0.2) is 0 Å². The third kappa shape index (κ3) is 3.45. The van der Waals surface area contributed by atoms with Crippen molar-refractivity contribution in [2.24, 2.45) is 0 Å².